The molecule has 10 nitrogen and oxygen atoms in total. The molecule has 0 aliphatic carbocycles. The van der Waals surface area contributed by atoms with Crippen molar-refractivity contribution in [2.75, 3.05) is 26.8 Å². The summed E-state index contributed by atoms with van der Waals surface area (Å²) in [6.45, 7) is 12.2. The molecule has 0 spiro atoms. The number of nitrogens with zero attached hydrogens (tertiary/aromatic N) is 4. The summed E-state index contributed by atoms with van der Waals surface area (Å²) < 4.78 is 70.6. The summed E-state index contributed by atoms with van der Waals surface area (Å²) in [6, 6.07) is 16.8. The van der Waals surface area contributed by atoms with Crippen LogP contribution in [0.3, 0.4) is 0 Å². The van der Waals surface area contributed by atoms with Crippen LogP contribution in [0.4, 0.5) is 18.0 Å². The molecule has 0 bridgehead atoms. The summed E-state index contributed by atoms with van der Waals surface area (Å²) in [6.07, 6.45) is 2.03. The summed E-state index contributed by atoms with van der Waals surface area (Å²) in [5, 5.41) is 0. The number of pyridine rings is 1. The Balaban J connectivity index is 1.15. The molecule has 0 radical (unpaired) electrons. The van der Waals surface area contributed by atoms with Crippen molar-refractivity contribution >= 4 is 28.7 Å². The highest BCUT2D eigenvalue weighted by Gasteiger charge is 2.25. The first-order valence-corrected chi connectivity index (χ1v) is 18.7. The predicted molar refractivity (Wildman–Crippen MR) is 210 cm³/mol. The van der Waals surface area contributed by atoms with Crippen molar-refractivity contribution in [3.05, 3.63) is 118 Å². The second kappa shape index (κ2) is 16.8. The number of hydrogen-bond acceptors (Lipinski definition) is 8. The zero-order chi connectivity index (χ0) is 41.1. The molecule has 1 aliphatic rings. The van der Waals surface area contributed by atoms with Gasteiger partial charge in [0.2, 0.25) is 5.88 Å². The molecule has 57 heavy (non-hydrogen) atoms. The summed E-state index contributed by atoms with van der Waals surface area (Å²) in [7, 11) is 1.56. The molecule has 13 heteroatoms. The van der Waals surface area contributed by atoms with Crippen LogP contribution in [0.15, 0.2) is 72.8 Å². The quantitative estimate of drug-likeness (QED) is 0.122. The van der Waals surface area contributed by atoms with E-state index in [1.807, 2.05) is 31.4 Å². The number of hydrogen-bond donors (Lipinski definition) is 0. The normalized spacial score (nSPS) is 13.4. The Morgan fingerprint density at radius 3 is 2.26 bits per heavy atom. The first-order chi connectivity index (χ1) is 27.0. The number of carbonyl (C=O) groups excluding carboxylic acids is 2. The average molecular weight is 785 g/mol. The third-order valence-corrected chi connectivity index (χ3v) is 9.13. The number of benzene rings is 3. The van der Waals surface area contributed by atoms with Gasteiger partial charge in [-0.05, 0) is 107 Å². The summed E-state index contributed by atoms with van der Waals surface area (Å²) in [5.74, 6) is -1.74. The van der Waals surface area contributed by atoms with E-state index in [-0.39, 0.29) is 47.4 Å². The Kier molecular flexibility index (Phi) is 12.1. The minimum Gasteiger partial charge on any atom is -0.473 e. The van der Waals surface area contributed by atoms with E-state index < -0.39 is 34.6 Å². The lowest BCUT2D eigenvalue weighted by molar-refractivity contribution is 0.00689. The van der Waals surface area contributed by atoms with Gasteiger partial charge in [0.15, 0.2) is 0 Å². The number of amides is 1. The highest BCUT2D eigenvalue weighted by molar-refractivity contribution is 5.94. The van der Waals surface area contributed by atoms with Crippen molar-refractivity contribution in [2.24, 2.45) is 0 Å². The summed E-state index contributed by atoms with van der Waals surface area (Å²) >= 11 is 0. The van der Waals surface area contributed by atoms with Crippen molar-refractivity contribution in [3.8, 4) is 17.1 Å². The molecule has 0 unspecified atom stereocenters. The fourth-order valence-corrected chi connectivity index (χ4v) is 6.38. The molecule has 0 fully saturated rings. The number of carbonyl (C=O) groups is 2. The van der Waals surface area contributed by atoms with Gasteiger partial charge in [-0.25, -0.2) is 32.7 Å². The lowest BCUT2D eigenvalue weighted by atomic mass is 9.98. The lowest BCUT2D eigenvalue weighted by Gasteiger charge is -2.29. The van der Waals surface area contributed by atoms with Crippen molar-refractivity contribution in [3.63, 3.8) is 0 Å². The molecule has 2 aromatic heterocycles. The first kappa shape index (κ1) is 41.0. The van der Waals surface area contributed by atoms with Gasteiger partial charge < -0.3 is 28.4 Å². The van der Waals surface area contributed by atoms with Gasteiger partial charge in [-0.3, -0.25) is 0 Å². The SMILES string of the molecule is COCCn1c(Cc2cc(F)c(-c3cccc(OCc4ccc(C5=CCN(C(=O)OC(C)(C)C)CC5)cc4F)n3)cc2F)nc2ccc(C(=O)OC(C)(C)C)cc21. The molecule has 3 aromatic carbocycles. The fourth-order valence-electron chi connectivity index (χ4n) is 6.38. The van der Waals surface area contributed by atoms with Crippen LogP contribution in [0, 0.1) is 17.5 Å². The summed E-state index contributed by atoms with van der Waals surface area (Å²) in [5.41, 5.74) is 2.36. The topological polar surface area (TPSA) is 105 Å². The third-order valence-electron chi connectivity index (χ3n) is 9.13. The maximum Gasteiger partial charge on any atom is 0.410 e. The number of ether oxygens (including phenoxy) is 4. The first-order valence-electron chi connectivity index (χ1n) is 18.7. The fraction of sp³-hybridized carbons (Fsp3) is 0.364. The smallest absolute Gasteiger partial charge is 0.410 e. The van der Waals surface area contributed by atoms with E-state index in [1.54, 1.807) is 75.2 Å². The van der Waals surface area contributed by atoms with Crippen LogP contribution in [0.25, 0.3) is 27.9 Å². The molecular formula is C44H47F3N4O6. The van der Waals surface area contributed by atoms with Crippen molar-refractivity contribution in [1.82, 2.24) is 19.4 Å². The molecule has 3 heterocycles. The van der Waals surface area contributed by atoms with E-state index in [1.165, 1.54) is 12.1 Å². The zero-order valence-corrected chi connectivity index (χ0v) is 33.3. The molecule has 0 saturated heterocycles. The van der Waals surface area contributed by atoms with Crippen LogP contribution in [0.2, 0.25) is 0 Å². The van der Waals surface area contributed by atoms with Gasteiger partial charge in [-0.2, -0.15) is 0 Å². The number of halogens is 3. The molecule has 0 N–H and O–H groups in total. The van der Waals surface area contributed by atoms with E-state index >= 15 is 13.2 Å². The number of rotatable bonds is 11. The molecule has 1 aliphatic heterocycles. The highest BCUT2D eigenvalue weighted by Crippen LogP contribution is 2.30. The Bertz CT molecular complexity index is 2330. The van der Waals surface area contributed by atoms with Crippen LogP contribution >= 0.6 is 0 Å². The molecule has 6 rings (SSSR count). The van der Waals surface area contributed by atoms with Gasteiger partial charge in [0.25, 0.3) is 0 Å². The minimum absolute atomic E-state index is 0.0358. The van der Waals surface area contributed by atoms with E-state index in [0.717, 1.165) is 17.7 Å². The predicted octanol–water partition coefficient (Wildman–Crippen LogP) is 9.31. The Hall–Kier alpha value is -5.69. The van der Waals surface area contributed by atoms with Crippen LogP contribution in [-0.4, -0.2) is 69.5 Å². The molecule has 1 amide bonds. The van der Waals surface area contributed by atoms with Gasteiger partial charge >= 0.3 is 12.1 Å². The van der Waals surface area contributed by atoms with Crippen molar-refractivity contribution in [1.29, 1.82) is 0 Å². The lowest BCUT2D eigenvalue weighted by Crippen LogP contribution is -2.39. The van der Waals surface area contributed by atoms with Gasteiger partial charge in [0.05, 0.1) is 28.9 Å². The monoisotopic (exact) mass is 784 g/mol. The van der Waals surface area contributed by atoms with E-state index in [2.05, 4.69) is 9.97 Å². The minimum atomic E-state index is -0.698. The Morgan fingerprint density at radius 2 is 1.58 bits per heavy atom. The highest BCUT2D eigenvalue weighted by atomic mass is 19.1. The molecule has 0 atom stereocenters. The Morgan fingerprint density at radius 1 is 0.825 bits per heavy atom. The van der Waals surface area contributed by atoms with Gasteiger partial charge in [-0.15, -0.1) is 0 Å². The Labute approximate surface area is 330 Å². The number of aromatic nitrogens is 3. The van der Waals surface area contributed by atoms with Crippen LogP contribution in [0.1, 0.15) is 80.8 Å². The van der Waals surface area contributed by atoms with Gasteiger partial charge in [0.1, 0.15) is 41.1 Å². The standard InChI is InChI=1S/C44H47F3N4O6/c1-43(2,3)56-41(52)29-13-14-37-38(23-29)51(19-20-54-7)39(48-37)24-31-22-35(47)32(25-34(31)46)36-9-8-10-40(49-36)55-26-30-12-11-28(21-33(30)45)27-15-17-50(18-16-27)42(53)57-44(4,5)6/h8-15,21-23,25H,16-20,24,26H2,1-7H3. The van der Waals surface area contributed by atoms with Crippen molar-refractivity contribution in [2.45, 2.75) is 78.7 Å². The number of methoxy groups -OCH3 is 1. The number of imidazole rings is 1. The van der Waals surface area contributed by atoms with E-state index in [0.29, 0.717) is 60.6 Å². The molecule has 300 valence electrons. The number of fused-ring (bicyclic) bond motifs is 1. The van der Waals surface area contributed by atoms with E-state index in [4.69, 9.17) is 18.9 Å². The van der Waals surface area contributed by atoms with Gasteiger partial charge in [-0.1, -0.05) is 24.3 Å². The maximum absolute atomic E-state index is 15.7. The van der Waals surface area contributed by atoms with E-state index in [9.17, 15) is 9.59 Å². The molecule has 5 aromatic rings. The zero-order valence-electron chi connectivity index (χ0n) is 33.3. The molecular weight excluding hydrogens is 738 g/mol. The van der Waals surface area contributed by atoms with Crippen LogP contribution in [0.5, 0.6) is 5.88 Å². The number of esters is 1. The van der Waals surface area contributed by atoms with Gasteiger partial charge in [0, 0.05) is 50.4 Å². The largest absolute Gasteiger partial charge is 0.473 e. The molecule has 0 saturated carbocycles. The van der Waals surface area contributed by atoms with Crippen LogP contribution < -0.4 is 4.74 Å². The average Bonchev–Trinajstić information content (AvgIpc) is 3.49. The third kappa shape index (κ3) is 10.2. The second-order valence-corrected chi connectivity index (χ2v) is 15.8. The summed E-state index contributed by atoms with van der Waals surface area (Å²) in [4.78, 5) is 35.9. The second-order valence-electron chi connectivity index (χ2n) is 15.8. The van der Waals surface area contributed by atoms with Crippen LogP contribution in [-0.2, 0) is 33.8 Å². The maximum atomic E-state index is 15.7. The van der Waals surface area contributed by atoms with Crippen molar-refractivity contribution < 1.29 is 41.7 Å².